The summed E-state index contributed by atoms with van der Waals surface area (Å²) in [4.78, 5) is 33.6. The van der Waals surface area contributed by atoms with Crippen molar-refractivity contribution in [3.05, 3.63) is 40.7 Å². The Bertz CT molecular complexity index is 1080. The van der Waals surface area contributed by atoms with E-state index in [9.17, 15) is 9.59 Å². The van der Waals surface area contributed by atoms with Gasteiger partial charge in [-0.15, -0.1) is 0 Å². The smallest absolute Gasteiger partial charge is 0.280 e. The molecule has 0 fully saturated rings. The Hall–Kier alpha value is -3.72. The van der Waals surface area contributed by atoms with Crippen molar-refractivity contribution < 1.29 is 24.5 Å². The molecule has 0 spiro atoms. The number of guanidine groups is 1. The zero-order valence-corrected chi connectivity index (χ0v) is 22.3. The van der Waals surface area contributed by atoms with Gasteiger partial charge in [0.2, 0.25) is 0 Å². The number of carbonyl (C=O) groups excluding carboxylic acids is 2. The van der Waals surface area contributed by atoms with E-state index in [-0.39, 0.29) is 54.2 Å². The number of halogens is 1. The lowest BCUT2D eigenvalue weighted by molar-refractivity contribution is -0.123. The van der Waals surface area contributed by atoms with E-state index in [1.165, 1.54) is 0 Å². The molecule has 1 aromatic carbocycles. The van der Waals surface area contributed by atoms with E-state index in [4.69, 9.17) is 43.4 Å². The van der Waals surface area contributed by atoms with E-state index in [1.54, 1.807) is 12.1 Å². The van der Waals surface area contributed by atoms with Crippen LogP contribution in [0.4, 0.5) is 11.6 Å². The number of ether oxygens (including phenoxy) is 1. The normalized spacial score (nSPS) is 10.8. The summed E-state index contributed by atoms with van der Waals surface area (Å²) in [6.07, 6.45) is 2.39. The van der Waals surface area contributed by atoms with Crippen molar-refractivity contribution >= 4 is 41.0 Å². The first-order valence-corrected chi connectivity index (χ1v) is 12.8. The van der Waals surface area contributed by atoms with Gasteiger partial charge < -0.3 is 37.1 Å². The topological polar surface area (TPSA) is 225 Å². The molecule has 39 heavy (non-hydrogen) atoms. The van der Waals surface area contributed by atoms with Gasteiger partial charge in [0.1, 0.15) is 5.75 Å². The maximum atomic E-state index is 12.2. The Labute approximate surface area is 231 Å². The lowest BCUT2D eigenvalue weighted by Gasteiger charge is -2.20. The second kappa shape index (κ2) is 17.0. The molecule has 214 valence electrons. The molecule has 2 rings (SSSR count). The fraction of sp³-hybridized carbons (Fsp3) is 0.458. The number of nitrogens with two attached hydrogens (primary N) is 2. The third-order valence-corrected chi connectivity index (χ3v) is 5.71. The predicted molar refractivity (Wildman–Crippen MR) is 148 cm³/mol. The quantitative estimate of drug-likeness (QED) is 0.0724. The number of aliphatic hydroxyl groups excluding tert-OH is 2. The molecule has 0 bridgehead atoms. The maximum Gasteiger partial charge on any atom is 0.280 e. The van der Waals surface area contributed by atoms with Crippen LogP contribution in [0.25, 0.3) is 0 Å². The van der Waals surface area contributed by atoms with E-state index in [1.807, 2.05) is 17.0 Å². The van der Waals surface area contributed by atoms with E-state index in [0.29, 0.717) is 38.5 Å². The van der Waals surface area contributed by atoms with Crippen molar-refractivity contribution in [3.8, 4) is 5.75 Å². The van der Waals surface area contributed by atoms with Gasteiger partial charge >= 0.3 is 0 Å². The predicted octanol–water partition coefficient (Wildman–Crippen LogP) is -0.647. The maximum absolute atomic E-state index is 12.2. The molecule has 14 nitrogen and oxygen atoms in total. The van der Waals surface area contributed by atoms with Crippen LogP contribution in [-0.2, 0) is 11.2 Å². The van der Waals surface area contributed by atoms with Crippen molar-refractivity contribution in [1.82, 2.24) is 30.8 Å². The number of hydrogen-bond donors (Lipinski definition) is 8. The Kier molecular flexibility index (Phi) is 13.7. The van der Waals surface area contributed by atoms with Crippen LogP contribution in [0.3, 0.4) is 0 Å². The highest BCUT2D eigenvalue weighted by atomic mass is 35.5. The minimum atomic E-state index is -0.720. The number of benzene rings is 1. The fourth-order valence-electron chi connectivity index (χ4n) is 3.42. The number of nitrogens with zero attached hydrogens (tertiary/aromatic N) is 3. The molecule has 10 N–H and O–H groups in total. The first-order valence-electron chi connectivity index (χ1n) is 12.4. The summed E-state index contributed by atoms with van der Waals surface area (Å²) in [5, 5.41) is 33.6. The first kappa shape index (κ1) is 31.5. The van der Waals surface area contributed by atoms with Crippen LogP contribution in [0.2, 0.25) is 5.15 Å². The van der Waals surface area contributed by atoms with Crippen LogP contribution in [0, 0.1) is 5.41 Å². The highest BCUT2D eigenvalue weighted by Crippen LogP contribution is 2.17. The summed E-state index contributed by atoms with van der Waals surface area (Å²) in [5.74, 6) is -0.865. The van der Waals surface area contributed by atoms with E-state index < -0.39 is 5.91 Å². The molecular weight excluding hydrogens is 530 g/mol. The summed E-state index contributed by atoms with van der Waals surface area (Å²) in [7, 11) is 0. The number of unbranched alkanes of at least 4 members (excludes halogenated alkanes) is 1. The standard InChI is InChI=1S/C24H36ClN9O5/c25-20-22(27)32-21(26)19(31-20)23(38)33-24(28)30-8-2-1-3-16-4-6-17(7-5-16)39-15-18(37)29-9-10-34(11-13-35)12-14-36/h4-7,35-36H,1-3,8-15H2,(H,29,37)(H4,26,27,32)(H3,28,30,33,38). The van der Waals surface area contributed by atoms with Crippen LogP contribution in [0.15, 0.2) is 24.3 Å². The molecule has 0 saturated carbocycles. The first-order chi connectivity index (χ1) is 18.7. The van der Waals surface area contributed by atoms with Crippen LogP contribution in [0.5, 0.6) is 5.75 Å². The van der Waals surface area contributed by atoms with Crippen molar-refractivity contribution in [3.63, 3.8) is 0 Å². The number of amides is 2. The fourth-order valence-corrected chi connectivity index (χ4v) is 3.54. The van der Waals surface area contributed by atoms with Gasteiger partial charge in [0.15, 0.2) is 35.0 Å². The van der Waals surface area contributed by atoms with Crippen LogP contribution >= 0.6 is 11.6 Å². The van der Waals surface area contributed by atoms with E-state index in [0.717, 1.165) is 24.8 Å². The van der Waals surface area contributed by atoms with Crippen molar-refractivity contribution in [2.75, 3.05) is 64.0 Å². The average molecular weight is 566 g/mol. The van der Waals surface area contributed by atoms with Crippen LogP contribution in [0.1, 0.15) is 28.9 Å². The number of carbonyl (C=O) groups is 2. The summed E-state index contributed by atoms with van der Waals surface area (Å²) < 4.78 is 5.52. The van der Waals surface area contributed by atoms with Gasteiger partial charge in [-0.2, -0.15) is 0 Å². The Morgan fingerprint density at radius 2 is 1.67 bits per heavy atom. The van der Waals surface area contributed by atoms with E-state index in [2.05, 4.69) is 25.9 Å². The zero-order valence-electron chi connectivity index (χ0n) is 21.6. The summed E-state index contributed by atoms with van der Waals surface area (Å²) in [6.45, 7) is 2.12. The van der Waals surface area contributed by atoms with Gasteiger partial charge in [0, 0.05) is 32.7 Å². The van der Waals surface area contributed by atoms with Gasteiger partial charge in [0.05, 0.1) is 13.2 Å². The van der Waals surface area contributed by atoms with Gasteiger partial charge in [-0.05, 0) is 37.0 Å². The number of anilines is 2. The third-order valence-electron chi connectivity index (χ3n) is 5.43. The zero-order chi connectivity index (χ0) is 28.6. The lowest BCUT2D eigenvalue weighted by atomic mass is 10.1. The number of aliphatic hydroxyl groups is 2. The van der Waals surface area contributed by atoms with Gasteiger partial charge in [-0.3, -0.25) is 25.2 Å². The highest BCUT2D eigenvalue weighted by Gasteiger charge is 2.17. The molecule has 1 aromatic heterocycles. The van der Waals surface area contributed by atoms with Crippen LogP contribution < -0.4 is 32.2 Å². The monoisotopic (exact) mass is 565 g/mol. The summed E-state index contributed by atoms with van der Waals surface area (Å²) >= 11 is 5.77. The molecule has 0 atom stereocenters. The van der Waals surface area contributed by atoms with Gasteiger partial charge in [-0.1, -0.05) is 23.7 Å². The lowest BCUT2D eigenvalue weighted by Crippen LogP contribution is -2.41. The van der Waals surface area contributed by atoms with E-state index >= 15 is 0 Å². The molecular formula is C24H36ClN9O5. The third kappa shape index (κ3) is 11.7. The molecule has 0 aliphatic rings. The number of hydrogen-bond acceptors (Lipinski definition) is 11. The molecule has 2 aromatic rings. The Morgan fingerprint density at radius 3 is 2.33 bits per heavy atom. The molecule has 0 saturated heterocycles. The number of rotatable bonds is 16. The molecule has 0 unspecified atom stereocenters. The number of aromatic nitrogens is 2. The second-order valence-corrected chi connectivity index (χ2v) is 8.78. The summed E-state index contributed by atoms with van der Waals surface area (Å²) in [6, 6.07) is 7.45. The van der Waals surface area contributed by atoms with Crippen molar-refractivity contribution in [1.29, 1.82) is 5.41 Å². The summed E-state index contributed by atoms with van der Waals surface area (Å²) in [5.41, 5.74) is 12.0. The SMILES string of the molecule is N=C(NCCCCc1ccc(OCC(=O)NCCN(CCO)CCO)cc1)NC(=O)c1nc(Cl)c(N)nc1N. The van der Waals surface area contributed by atoms with Crippen molar-refractivity contribution in [2.45, 2.75) is 19.3 Å². The minimum absolute atomic E-state index is 0.0106. The minimum Gasteiger partial charge on any atom is -0.484 e. The number of nitrogen functional groups attached to an aromatic ring is 2. The molecule has 0 radical (unpaired) electrons. The van der Waals surface area contributed by atoms with Gasteiger partial charge in [-0.25, -0.2) is 9.97 Å². The Balaban J connectivity index is 1.61. The Morgan fingerprint density at radius 1 is 0.974 bits per heavy atom. The van der Waals surface area contributed by atoms with Crippen LogP contribution in [-0.4, -0.2) is 95.4 Å². The second-order valence-electron chi connectivity index (χ2n) is 8.42. The number of nitrogens with one attached hydrogen (secondary N) is 4. The molecule has 0 aliphatic carbocycles. The molecule has 15 heteroatoms. The largest absolute Gasteiger partial charge is 0.484 e. The average Bonchev–Trinajstić information content (AvgIpc) is 2.90. The molecule has 2 amide bonds. The molecule has 1 heterocycles. The molecule has 0 aliphatic heterocycles. The number of aryl methyl sites for hydroxylation is 1. The van der Waals surface area contributed by atoms with Gasteiger partial charge in [0.25, 0.3) is 11.8 Å². The van der Waals surface area contributed by atoms with Crippen molar-refractivity contribution in [2.24, 2.45) is 0 Å². The highest BCUT2D eigenvalue weighted by molar-refractivity contribution is 6.31.